The third-order valence-corrected chi connectivity index (χ3v) is 10.3. The average molecular weight is 610 g/mol. The van der Waals surface area contributed by atoms with Crippen LogP contribution in [0.1, 0.15) is 89.7 Å². The van der Waals surface area contributed by atoms with Crippen molar-refractivity contribution in [3.05, 3.63) is 29.3 Å². The van der Waals surface area contributed by atoms with Gasteiger partial charge >= 0.3 is 19.9 Å². The third-order valence-electron chi connectivity index (χ3n) is 9.43. The maximum absolute atomic E-state index is 12.7. The fraction of sp³-hybridized carbons (Fsp3) is 0.742. The minimum Gasteiger partial charge on any atom is -0.462 e. The molecular weight excluding hydrogens is 561 g/mol. The summed E-state index contributed by atoms with van der Waals surface area (Å²) >= 11 is 0. The Morgan fingerprint density at radius 1 is 1.19 bits per heavy atom. The SMILES string of the molecule is CCC[C@@H]1Cc2cc(OP(=O)(O)OCOC(=O)OC(C)C)ccc2[C@H]2CC[C@]3(C)[C@@H](OC(=O)CCN(C)C)CC[C@H]3[C@H]12. The van der Waals surface area contributed by atoms with Crippen LogP contribution in [0.25, 0.3) is 0 Å². The Morgan fingerprint density at radius 3 is 2.64 bits per heavy atom. The first-order chi connectivity index (χ1) is 19.8. The van der Waals surface area contributed by atoms with E-state index in [2.05, 4.69) is 18.6 Å². The molecule has 0 bridgehead atoms. The number of fused-ring (bicyclic) bond motifs is 5. The summed E-state index contributed by atoms with van der Waals surface area (Å²) in [5, 5.41) is 0. The van der Waals surface area contributed by atoms with Gasteiger partial charge in [-0.1, -0.05) is 32.8 Å². The minimum atomic E-state index is -4.53. The maximum Gasteiger partial charge on any atom is 0.530 e. The molecule has 7 atom stereocenters. The normalized spacial score (nSPS) is 29.7. The molecule has 1 aromatic carbocycles. The average Bonchev–Trinajstić information content (AvgIpc) is 3.22. The van der Waals surface area contributed by atoms with E-state index >= 15 is 0 Å². The van der Waals surface area contributed by atoms with Crippen LogP contribution < -0.4 is 4.52 Å². The van der Waals surface area contributed by atoms with Gasteiger partial charge in [0.1, 0.15) is 11.9 Å². The van der Waals surface area contributed by atoms with Gasteiger partial charge in [0.15, 0.2) is 0 Å². The molecule has 10 nitrogen and oxygen atoms in total. The van der Waals surface area contributed by atoms with Gasteiger partial charge in [0.2, 0.25) is 6.79 Å². The highest BCUT2D eigenvalue weighted by atomic mass is 31.2. The second-order valence-corrected chi connectivity index (χ2v) is 14.3. The lowest BCUT2D eigenvalue weighted by Gasteiger charge is -2.53. The van der Waals surface area contributed by atoms with Crippen molar-refractivity contribution >= 4 is 19.9 Å². The van der Waals surface area contributed by atoms with Crippen LogP contribution in [0.4, 0.5) is 4.79 Å². The Morgan fingerprint density at radius 2 is 1.95 bits per heavy atom. The fourth-order valence-electron chi connectivity index (χ4n) is 7.68. The minimum absolute atomic E-state index is 0.0218. The van der Waals surface area contributed by atoms with E-state index < -0.39 is 20.8 Å². The van der Waals surface area contributed by atoms with E-state index in [1.165, 1.54) is 5.56 Å². The van der Waals surface area contributed by atoms with Crippen molar-refractivity contribution < 1.29 is 42.3 Å². The van der Waals surface area contributed by atoms with Gasteiger partial charge in [-0.15, -0.1) is 0 Å². The van der Waals surface area contributed by atoms with Gasteiger partial charge in [-0.25, -0.2) is 13.9 Å². The molecule has 0 radical (unpaired) electrons. The lowest BCUT2D eigenvalue weighted by atomic mass is 9.52. The van der Waals surface area contributed by atoms with E-state index in [4.69, 9.17) is 18.5 Å². The number of hydrogen-bond donors (Lipinski definition) is 1. The second kappa shape index (κ2) is 13.7. The molecule has 1 N–H and O–H groups in total. The second-order valence-electron chi connectivity index (χ2n) is 12.9. The number of phosphoric acid groups is 1. The van der Waals surface area contributed by atoms with Crippen LogP contribution in [0.15, 0.2) is 18.2 Å². The van der Waals surface area contributed by atoms with Gasteiger partial charge in [0.05, 0.1) is 12.5 Å². The highest BCUT2D eigenvalue weighted by Gasteiger charge is 2.58. The largest absolute Gasteiger partial charge is 0.530 e. The number of carbonyl (C=O) groups excluding carboxylic acids is 2. The van der Waals surface area contributed by atoms with Crippen molar-refractivity contribution in [1.29, 1.82) is 0 Å². The van der Waals surface area contributed by atoms with Crippen LogP contribution in [-0.4, -0.2) is 61.6 Å². The molecular formula is C31H48NO9P. The maximum atomic E-state index is 12.7. The van der Waals surface area contributed by atoms with Gasteiger partial charge < -0.3 is 23.6 Å². The number of esters is 1. The van der Waals surface area contributed by atoms with Gasteiger partial charge in [0.25, 0.3) is 0 Å². The number of phosphoric ester groups is 1. The monoisotopic (exact) mass is 609 g/mol. The summed E-state index contributed by atoms with van der Waals surface area (Å²) in [6.07, 6.45) is 6.04. The topological polar surface area (TPSA) is 121 Å². The first kappa shape index (κ1) is 32.8. The molecule has 3 aliphatic rings. The van der Waals surface area contributed by atoms with Gasteiger partial charge in [-0.3, -0.25) is 9.69 Å². The summed E-state index contributed by atoms with van der Waals surface area (Å²) in [6.45, 7) is 7.80. The summed E-state index contributed by atoms with van der Waals surface area (Å²) < 4.78 is 38.3. The Labute approximate surface area is 250 Å². The lowest BCUT2D eigenvalue weighted by molar-refractivity contribution is -0.158. The van der Waals surface area contributed by atoms with E-state index in [0.717, 1.165) is 50.5 Å². The van der Waals surface area contributed by atoms with E-state index in [0.29, 0.717) is 36.6 Å². The summed E-state index contributed by atoms with van der Waals surface area (Å²) in [5.41, 5.74) is 2.39. The van der Waals surface area contributed by atoms with Gasteiger partial charge in [-0.2, -0.15) is 0 Å². The van der Waals surface area contributed by atoms with E-state index in [-0.39, 0.29) is 29.3 Å². The molecule has 2 fully saturated rings. The Bertz CT molecular complexity index is 1160. The van der Waals surface area contributed by atoms with Gasteiger partial charge in [0, 0.05) is 12.0 Å². The number of carbonyl (C=O) groups is 2. The summed E-state index contributed by atoms with van der Waals surface area (Å²) in [4.78, 5) is 36.4. The third kappa shape index (κ3) is 7.68. The number of ether oxygens (including phenoxy) is 3. The van der Waals surface area contributed by atoms with Crippen LogP contribution in [-0.2, 0) is 34.5 Å². The van der Waals surface area contributed by atoms with Crippen molar-refractivity contribution in [3.63, 3.8) is 0 Å². The number of nitrogens with zero attached hydrogens (tertiary/aromatic N) is 1. The van der Waals surface area contributed by atoms with E-state index in [1.807, 2.05) is 31.1 Å². The standard InChI is InChI=1S/C31H48NO9P/c1-7-8-21-17-22-18-23(41-42(35,36)38-19-37-30(34)39-20(2)3)9-10-24(22)25-13-15-31(4)26(29(21)25)11-12-27(31)40-28(33)14-16-32(5)6/h9-10,18,20-21,25-27,29H,7-8,11-17,19H2,1-6H3,(H,35,36)/t21-,25-,26+,27+,29-,31+/m1/s1. The zero-order valence-electron chi connectivity index (χ0n) is 25.9. The van der Waals surface area contributed by atoms with Crippen molar-refractivity contribution in [2.24, 2.45) is 23.2 Å². The highest BCUT2D eigenvalue weighted by Crippen LogP contribution is 2.63. The van der Waals surface area contributed by atoms with Crippen LogP contribution in [0.2, 0.25) is 0 Å². The van der Waals surface area contributed by atoms with Crippen molar-refractivity contribution in [3.8, 4) is 5.75 Å². The first-order valence-corrected chi connectivity index (χ1v) is 16.8. The molecule has 0 saturated heterocycles. The van der Waals surface area contributed by atoms with Crippen molar-refractivity contribution in [2.45, 2.75) is 97.2 Å². The smallest absolute Gasteiger partial charge is 0.462 e. The first-order valence-electron chi connectivity index (χ1n) is 15.3. The Kier molecular flexibility index (Phi) is 10.7. The van der Waals surface area contributed by atoms with E-state index in [1.54, 1.807) is 19.9 Å². The van der Waals surface area contributed by atoms with Crippen LogP contribution in [0, 0.1) is 23.2 Å². The molecule has 0 aliphatic heterocycles. The molecule has 236 valence electrons. The van der Waals surface area contributed by atoms with Crippen molar-refractivity contribution in [1.82, 2.24) is 4.90 Å². The molecule has 0 amide bonds. The van der Waals surface area contributed by atoms with Crippen LogP contribution >= 0.6 is 7.82 Å². The number of benzene rings is 1. The quantitative estimate of drug-likeness (QED) is 0.161. The molecule has 1 unspecified atom stereocenters. The zero-order valence-corrected chi connectivity index (χ0v) is 26.8. The molecule has 3 aliphatic carbocycles. The summed E-state index contributed by atoms with van der Waals surface area (Å²) in [6, 6.07) is 5.59. The molecule has 0 heterocycles. The molecule has 0 aromatic heterocycles. The van der Waals surface area contributed by atoms with Crippen LogP contribution in [0.3, 0.4) is 0 Å². The van der Waals surface area contributed by atoms with Crippen molar-refractivity contribution in [2.75, 3.05) is 27.4 Å². The number of rotatable bonds is 12. The summed E-state index contributed by atoms with van der Waals surface area (Å²) in [7, 11) is -0.600. The zero-order chi connectivity index (χ0) is 30.7. The molecule has 4 rings (SSSR count). The Balaban J connectivity index is 1.46. The Hall–Kier alpha value is -2.13. The molecule has 11 heteroatoms. The highest BCUT2D eigenvalue weighted by molar-refractivity contribution is 7.47. The molecule has 0 spiro atoms. The predicted molar refractivity (Wildman–Crippen MR) is 157 cm³/mol. The fourth-order valence-corrected chi connectivity index (χ4v) is 8.30. The summed E-state index contributed by atoms with van der Waals surface area (Å²) in [5.74, 6) is 1.98. The van der Waals surface area contributed by atoms with Crippen LogP contribution in [0.5, 0.6) is 5.75 Å². The van der Waals surface area contributed by atoms with Gasteiger partial charge in [-0.05, 0) is 107 Å². The molecule has 1 aromatic rings. The number of hydrogen-bond acceptors (Lipinski definition) is 9. The molecule has 2 saturated carbocycles. The lowest BCUT2D eigenvalue weighted by Crippen LogP contribution is -2.48. The van der Waals surface area contributed by atoms with E-state index in [9.17, 15) is 19.0 Å². The molecule has 42 heavy (non-hydrogen) atoms. The predicted octanol–water partition coefficient (Wildman–Crippen LogP) is 6.45.